The lowest BCUT2D eigenvalue weighted by Gasteiger charge is -2.32. The fourth-order valence-corrected chi connectivity index (χ4v) is 3.92. The van der Waals surface area contributed by atoms with Crippen molar-refractivity contribution in [3.8, 4) is 5.82 Å². The van der Waals surface area contributed by atoms with E-state index in [1.807, 2.05) is 27.8 Å². The van der Waals surface area contributed by atoms with Gasteiger partial charge in [0.1, 0.15) is 17.5 Å². The van der Waals surface area contributed by atoms with Crippen LogP contribution in [0.15, 0.2) is 54.9 Å². The van der Waals surface area contributed by atoms with Gasteiger partial charge in [0.15, 0.2) is 0 Å². The summed E-state index contributed by atoms with van der Waals surface area (Å²) < 4.78 is 15.1. The number of amides is 1. The van der Waals surface area contributed by atoms with Crippen LogP contribution in [0.4, 0.5) is 4.39 Å². The maximum absolute atomic E-state index is 13.0. The van der Waals surface area contributed by atoms with Gasteiger partial charge in [-0.3, -0.25) is 9.36 Å². The highest BCUT2D eigenvalue weighted by Gasteiger charge is 2.25. The summed E-state index contributed by atoms with van der Waals surface area (Å²) in [6, 6.07) is 12.3. The van der Waals surface area contributed by atoms with E-state index in [1.165, 1.54) is 12.1 Å². The highest BCUT2D eigenvalue weighted by molar-refractivity contribution is 5.78. The molecule has 3 aromatic rings. The molecule has 1 fully saturated rings. The Bertz CT molecular complexity index is 975. The first-order valence-corrected chi connectivity index (χ1v) is 10.2. The third kappa shape index (κ3) is 4.36. The molecule has 1 aliphatic rings. The van der Waals surface area contributed by atoms with Crippen molar-refractivity contribution in [1.82, 2.24) is 19.4 Å². The molecule has 0 saturated carbocycles. The average Bonchev–Trinajstić information content (AvgIpc) is 3.24. The summed E-state index contributed by atoms with van der Waals surface area (Å²) >= 11 is 0. The minimum atomic E-state index is -0.279. The Morgan fingerprint density at radius 3 is 2.62 bits per heavy atom. The highest BCUT2D eigenvalue weighted by atomic mass is 19.1. The van der Waals surface area contributed by atoms with Crippen molar-refractivity contribution in [1.29, 1.82) is 0 Å². The molecule has 1 amide bonds. The molecule has 0 aliphatic carbocycles. The molecule has 150 valence electrons. The largest absolute Gasteiger partial charge is 0.342 e. The zero-order valence-electron chi connectivity index (χ0n) is 16.6. The van der Waals surface area contributed by atoms with Crippen LogP contribution in [0.2, 0.25) is 0 Å². The van der Waals surface area contributed by atoms with Gasteiger partial charge < -0.3 is 4.90 Å². The smallest absolute Gasteiger partial charge is 0.226 e. The SMILES string of the molecule is CCc1nccn1-c1cccc(C2CCN(C(=O)Cc3ccc(F)cc3)CC2)n1. The summed E-state index contributed by atoms with van der Waals surface area (Å²) in [5.74, 6) is 2.06. The molecule has 6 heteroatoms. The Hall–Kier alpha value is -3.02. The zero-order chi connectivity index (χ0) is 20.2. The number of aromatic nitrogens is 3. The number of likely N-dealkylation sites (tertiary alicyclic amines) is 1. The second-order valence-corrected chi connectivity index (χ2v) is 7.45. The van der Waals surface area contributed by atoms with E-state index in [2.05, 4.69) is 18.0 Å². The molecular weight excluding hydrogens is 367 g/mol. The molecule has 0 unspecified atom stereocenters. The van der Waals surface area contributed by atoms with E-state index in [1.54, 1.807) is 18.3 Å². The second-order valence-electron chi connectivity index (χ2n) is 7.45. The van der Waals surface area contributed by atoms with E-state index in [0.29, 0.717) is 12.3 Å². The predicted molar refractivity (Wildman–Crippen MR) is 109 cm³/mol. The molecule has 1 aromatic carbocycles. The van der Waals surface area contributed by atoms with Gasteiger partial charge >= 0.3 is 0 Å². The van der Waals surface area contributed by atoms with Crippen LogP contribution in [0.25, 0.3) is 5.82 Å². The van der Waals surface area contributed by atoms with Crippen LogP contribution in [0.5, 0.6) is 0 Å². The molecular formula is C23H25FN4O. The van der Waals surface area contributed by atoms with Crippen LogP contribution in [-0.2, 0) is 17.6 Å². The first-order chi connectivity index (χ1) is 14.1. The summed E-state index contributed by atoms with van der Waals surface area (Å²) in [7, 11) is 0. The van der Waals surface area contributed by atoms with E-state index in [-0.39, 0.29) is 11.7 Å². The molecule has 0 radical (unpaired) electrons. The molecule has 1 aliphatic heterocycles. The summed E-state index contributed by atoms with van der Waals surface area (Å²) in [6.07, 6.45) is 6.72. The quantitative estimate of drug-likeness (QED) is 0.661. The third-order valence-electron chi connectivity index (χ3n) is 5.57. The van der Waals surface area contributed by atoms with Crippen LogP contribution in [0.3, 0.4) is 0 Å². The Kier molecular flexibility index (Phi) is 5.69. The lowest BCUT2D eigenvalue weighted by Crippen LogP contribution is -2.38. The van der Waals surface area contributed by atoms with E-state index in [4.69, 9.17) is 4.98 Å². The first-order valence-electron chi connectivity index (χ1n) is 10.2. The number of imidazole rings is 1. The first kappa shape index (κ1) is 19.3. The molecule has 0 atom stereocenters. The van der Waals surface area contributed by atoms with Crippen LogP contribution < -0.4 is 0 Å². The normalized spacial score (nSPS) is 14.9. The van der Waals surface area contributed by atoms with Crippen LogP contribution in [0.1, 0.15) is 42.8 Å². The minimum absolute atomic E-state index is 0.0998. The van der Waals surface area contributed by atoms with Crippen molar-refractivity contribution in [3.63, 3.8) is 0 Å². The van der Waals surface area contributed by atoms with Gasteiger partial charge in [-0.2, -0.15) is 0 Å². The number of halogens is 1. The molecule has 1 saturated heterocycles. The number of aryl methyl sites for hydroxylation is 1. The number of nitrogens with zero attached hydrogens (tertiary/aromatic N) is 4. The maximum atomic E-state index is 13.0. The van der Waals surface area contributed by atoms with Gasteiger partial charge in [0.2, 0.25) is 5.91 Å². The molecule has 2 aromatic heterocycles. The number of carbonyl (C=O) groups is 1. The number of piperidine rings is 1. The van der Waals surface area contributed by atoms with Crippen molar-refractivity contribution in [2.75, 3.05) is 13.1 Å². The van der Waals surface area contributed by atoms with Crippen molar-refractivity contribution in [2.24, 2.45) is 0 Å². The van der Waals surface area contributed by atoms with E-state index >= 15 is 0 Å². The van der Waals surface area contributed by atoms with Gasteiger partial charge in [0.25, 0.3) is 0 Å². The van der Waals surface area contributed by atoms with Crippen molar-refractivity contribution in [2.45, 2.75) is 38.5 Å². The highest BCUT2D eigenvalue weighted by Crippen LogP contribution is 2.28. The van der Waals surface area contributed by atoms with E-state index < -0.39 is 0 Å². The maximum Gasteiger partial charge on any atom is 0.226 e. The van der Waals surface area contributed by atoms with Crippen LogP contribution in [-0.4, -0.2) is 38.4 Å². The van der Waals surface area contributed by atoms with Crippen molar-refractivity contribution in [3.05, 3.63) is 77.8 Å². The lowest BCUT2D eigenvalue weighted by atomic mass is 9.92. The van der Waals surface area contributed by atoms with E-state index in [9.17, 15) is 9.18 Å². The van der Waals surface area contributed by atoms with Gasteiger partial charge in [-0.25, -0.2) is 14.4 Å². The summed E-state index contributed by atoms with van der Waals surface area (Å²) in [4.78, 5) is 23.8. The fourth-order valence-electron chi connectivity index (χ4n) is 3.92. The Morgan fingerprint density at radius 2 is 1.90 bits per heavy atom. The zero-order valence-corrected chi connectivity index (χ0v) is 16.6. The van der Waals surface area contributed by atoms with Crippen molar-refractivity contribution < 1.29 is 9.18 Å². The van der Waals surface area contributed by atoms with Crippen LogP contribution >= 0.6 is 0 Å². The fraction of sp³-hybridized carbons (Fsp3) is 0.348. The van der Waals surface area contributed by atoms with Gasteiger partial charge in [-0.05, 0) is 42.7 Å². The summed E-state index contributed by atoms with van der Waals surface area (Å²) in [5, 5.41) is 0. The monoisotopic (exact) mass is 392 g/mol. The Labute approximate surface area is 170 Å². The third-order valence-corrected chi connectivity index (χ3v) is 5.57. The Balaban J connectivity index is 1.39. The molecule has 0 bridgehead atoms. The summed E-state index contributed by atoms with van der Waals surface area (Å²) in [5.41, 5.74) is 1.92. The number of benzene rings is 1. The molecule has 4 rings (SSSR count). The molecule has 0 spiro atoms. The number of carbonyl (C=O) groups excluding carboxylic acids is 1. The number of hydrogen-bond donors (Lipinski definition) is 0. The molecule has 5 nitrogen and oxygen atoms in total. The predicted octanol–water partition coefficient (Wildman–Crippen LogP) is 3.92. The second kappa shape index (κ2) is 8.55. The van der Waals surface area contributed by atoms with Crippen LogP contribution in [0, 0.1) is 5.82 Å². The average molecular weight is 392 g/mol. The standard InChI is InChI=1S/C23H25FN4O/c1-2-21-25-12-15-28(21)22-5-3-4-20(26-22)18-10-13-27(14-11-18)23(29)16-17-6-8-19(24)9-7-17/h3-9,12,15,18H,2,10-11,13-14,16H2,1H3. The molecule has 0 N–H and O–H groups in total. The Morgan fingerprint density at radius 1 is 1.14 bits per heavy atom. The van der Waals surface area contributed by atoms with Gasteiger partial charge in [-0.15, -0.1) is 0 Å². The topological polar surface area (TPSA) is 51.0 Å². The number of hydrogen-bond acceptors (Lipinski definition) is 3. The lowest BCUT2D eigenvalue weighted by molar-refractivity contribution is -0.131. The minimum Gasteiger partial charge on any atom is -0.342 e. The van der Waals surface area contributed by atoms with Gasteiger partial charge in [0.05, 0.1) is 6.42 Å². The molecule has 29 heavy (non-hydrogen) atoms. The number of pyridine rings is 1. The molecule has 3 heterocycles. The van der Waals surface area contributed by atoms with Crippen molar-refractivity contribution >= 4 is 5.91 Å². The summed E-state index contributed by atoms with van der Waals surface area (Å²) in [6.45, 7) is 3.53. The van der Waals surface area contributed by atoms with Gasteiger partial charge in [0, 0.05) is 43.5 Å². The number of rotatable bonds is 5. The van der Waals surface area contributed by atoms with Gasteiger partial charge in [-0.1, -0.05) is 25.1 Å². The van der Waals surface area contributed by atoms with E-state index in [0.717, 1.165) is 55.3 Å².